The van der Waals surface area contributed by atoms with Crippen LogP contribution in [0.2, 0.25) is 0 Å². The minimum atomic E-state index is 0.0478. The van der Waals surface area contributed by atoms with Crippen molar-refractivity contribution >= 4 is 33.9 Å². The average Bonchev–Trinajstić information content (AvgIpc) is 3.64. The molecule has 1 atom stereocenters. The third kappa shape index (κ3) is 6.09. The number of rotatable bonds is 9. The Labute approximate surface area is 325 Å². The number of fused-ring (bicyclic) bond motifs is 4. The van der Waals surface area contributed by atoms with Crippen molar-refractivity contribution in [2.24, 2.45) is 5.92 Å². The summed E-state index contributed by atoms with van der Waals surface area (Å²) in [5, 5.41) is 1.26. The van der Waals surface area contributed by atoms with Crippen molar-refractivity contribution in [3.05, 3.63) is 211 Å². The van der Waals surface area contributed by atoms with Gasteiger partial charge in [-0.1, -0.05) is 135 Å². The van der Waals surface area contributed by atoms with Gasteiger partial charge in [-0.15, -0.1) is 6.58 Å². The van der Waals surface area contributed by atoms with Gasteiger partial charge in [-0.2, -0.15) is 0 Å². The third-order valence-corrected chi connectivity index (χ3v) is 11.9. The maximum Gasteiger partial charge on any atom is 0.0537 e. The van der Waals surface area contributed by atoms with Gasteiger partial charge in [0.1, 0.15) is 0 Å². The zero-order valence-electron chi connectivity index (χ0n) is 31.9. The van der Waals surface area contributed by atoms with Crippen LogP contribution >= 0.6 is 0 Å². The number of nitrogens with zero attached hydrogens (tertiary/aromatic N) is 2. The summed E-state index contributed by atoms with van der Waals surface area (Å²) < 4.78 is 2.37. The highest BCUT2D eigenvalue weighted by Gasteiger charge is 2.44. The summed E-state index contributed by atoms with van der Waals surface area (Å²) in [5.74, 6) is 0.407. The Hall–Kier alpha value is -6.38. The van der Waals surface area contributed by atoms with Crippen molar-refractivity contribution in [1.82, 2.24) is 4.57 Å². The van der Waals surface area contributed by atoms with Crippen molar-refractivity contribution in [1.29, 1.82) is 0 Å². The maximum atomic E-state index is 3.92. The second-order valence-corrected chi connectivity index (χ2v) is 15.4. The molecule has 0 radical (unpaired) electrons. The molecule has 0 spiro atoms. The Balaban J connectivity index is 1.10. The molecule has 0 saturated carbocycles. The summed E-state index contributed by atoms with van der Waals surface area (Å²) in [4.78, 5) is 2.47. The van der Waals surface area contributed by atoms with Crippen molar-refractivity contribution in [3.63, 3.8) is 0 Å². The van der Waals surface area contributed by atoms with E-state index in [0.29, 0.717) is 5.92 Å². The van der Waals surface area contributed by atoms with Gasteiger partial charge in [-0.25, -0.2) is 0 Å². The predicted molar refractivity (Wildman–Crippen MR) is 235 cm³/mol. The van der Waals surface area contributed by atoms with E-state index >= 15 is 0 Å². The number of hydrogen-bond acceptors (Lipinski definition) is 1. The van der Waals surface area contributed by atoms with Gasteiger partial charge in [0.25, 0.3) is 0 Å². The molecule has 268 valence electrons. The molecule has 2 aliphatic carbocycles. The molecule has 55 heavy (non-hydrogen) atoms. The topological polar surface area (TPSA) is 8.17 Å². The van der Waals surface area contributed by atoms with Crippen LogP contribution in [0.1, 0.15) is 49.1 Å². The van der Waals surface area contributed by atoms with Crippen LogP contribution in [0.5, 0.6) is 0 Å². The smallest absolute Gasteiger partial charge is 0.0537 e. The van der Waals surface area contributed by atoms with Crippen LogP contribution in [0, 0.1) is 12.8 Å². The fraction of sp³-hybridized carbons (Fsp3) is 0.132. The molecular formula is C53H46N2. The van der Waals surface area contributed by atoms with Gasteiger partial charge in [0.15, 0.2) is 0 Å². The SMILES string of the molecule is C=CC/C=C\c1c(C)c2cc(-c3ccc(N(C4=CC=C5c6ccccc6C(C)(C)C5C4)c4ccc(-c5ccccc5)cc4)cc3)ccc2n1-c1ccccc1. The van der Waals surface area contributed by atoms with Gasteiger partial charge in [0, 0.05) is 33.8 Å². The van der Waals surface area contributed by atoms with Crippen LogP contribution in [0.4, 0.5) is 11.4 Å². The highest BCUT2D eigenvalue weighted by atomic mass is 15.1. The molecule has 2 nitrogen and oxygen atoms in total. The minimum Gasteiger partial charge on any atom is -0.314 e. The minimum absolute atomic E-state index is 0.0478. The lowest BCUT2D eigenvalue weighted by molar-refractivity contribution is 0.406. The van der Waals surface area contributed by atoms with Gasteiger partial charge < -0.3 is 9.47 Å². The number of aromatic nitrogens is 1. The lowest BCUT2D eigenvalue weighted by Crippen LogP contribution is -2.28. The molecule has 0 amide bonds. The van der Waals surface area contributed by atoms with E-state index in [2.05, 4.69) is 213 Å². The van der Waals surface area contributed by atoms with E-state index in [-0.39, 0.29) is 5.41 Å². The van der Waals surface area contributed by atoms with Crippen molar-refractivity contribution < 1.29 is 0 Å². The Kier molecular flexibility index (Phi) is 8.83. The summed E-state index contributed by atoms with van der Waals surface area (Å²) in [7, 11) is 0. The predicted octanol–water partition coefficient (Wildman–Crippen LogP) is 14.3. The molecule has 0 N–H and O–H groups in total. The Morgan fingerprint density at radius 2 is 1.29 bits per heavy atom. The van der Waals surface area contributed by atoms with Crippen molar-refractivity contribution in [2.75, 3.05) is 4.90 Å². The zero-order chi connectivity index (χ0) is 37.5. The standard InChI is InChI=1S/C53H46N2/c1-5-6-9-22-51-37(2)48-35-41(27-34-52(48)55(51)42-18-12-8-13-19-42)40-25-30-44(31-26-40)54(43-28-23-39(24-29-43)38-16-10-7-11-17-38)45-32-33-47-46-20-14-15-21-49(46)53(3,4)50(47)36-45/h5,7-35,50H,1,6,36H2,2-4H3/b22-9-. The summed E-state index contributed by atoms with van der Waals surface area (Å²) in [6.45, 7) is 11.0. The normalized spacial score (nSPS) is 15.7. The molecule has 6 aromatic carbocycles. The molecular weight excluding hydrogens is 665 g/mol. The summed E-state index contributed by atoms with van der Waals surface area (Å²) >= 11 is 0. The van der Waals surface area contributed by atoms with Crippen LogP contribution in [0.3, 0.4) is 0 Å². The molecule has 7 aromatic rings. The van der Waals surface area contributed by atoms with Crippen molar-refractivity contribution in [3.8, 4) is 27.9 Å². The lowest BCUT2D eigenvalue weighted by atomic mass is 9.74. The third-order valence-electron chi connectivity index (χ3n) is 11.9. The average molecular weight is 711 g/mol. The van der Waals surface area contributed by atoms with Crippen LogP contribution in [0.25, 0.3) is 50.5 Å². The van der Waals surface area contributed by atoms with E-state index in [1.807, 2.05) is 6.08 Å². The molecule has 0 fully saturated rings. The number of aryl methyl sites for hydroxylation is 1. The quantitative estimate of drug-likeness (QED) is 0.135. The molecule has 1 heterocycles. The molecule has 9 rings (SSSR count). The van der Waals surface area contributed by atoms with E-state index in [1.165, 1.54) is 72.5 Å². The van der Waals surface area contributed by atoms with E-state index in [4.69, 9.17) is 0 Å². The van der Waals surface area contributed by atoms with Gasteiger partial charge in [0.05, 0.1) is 5.52 Å². The molecule has 1 unspecified atom stereocenters. The molecule has 0 saturated heterocycles. The van der Waals surface area contributed by atoms with Crippen LogP contribution in [-0.2, 0) is 5.41 Å². The summed E-state index contributed by atoms with van der Waals surface area (Å²) in [6, 6.07) is 55.4. The van der Waals surface area contributed by atoms with E-state index < -0.39 is 0 Å². The monoisotopic (exact) mass is 710 g/mol. The molecule has 0 bridgehead atoms. The number of hydrogen-bond donors (Lipinski definition) is 0. The Bertz CT molecular complexity index is 2610. The maximum absolute atomic E-state index is 3.92. The molecule has 0 aliphatic heterocycles. The number of benzene rings is 6. The Morgan fingerprint density at radius 3 is 1.98 bits per heavy atom. The van der Waals surface area contributed by atoms with Gasteiger partial charge in [0.2, 0.25) is 0 Å². The van der Waals surface area contributed by atoms with Gasteiger partial charge in [-0.05, 0) is 136 Å². The molecule has 2 heteroatoms. The highest BCUT2D eigenvalue weighted by molar-refractivity contribution is 5.93. The van der Waals surface area contributed by atoms with Crippen LogP contribution < -0.4 is 4.90 Å². The van der Waals surface area contributed by atoms with E-state index in [9.17, 15) is 0 Å². The largest absolute Gasteiger partial charge is 0.314 e. The number of allylic oxidation sites excluding steroid dienone is 6. The van der Waals surface area contributed by atoms with E-state index in [1.54, 1.807) is 0 Å². The van der Waals surface area contributed by atoms with Gasteiger partial charge in [-0.3, -0.25) is 0 Å². The Morgan fingerprint density at radius 1 is 0.691 bits per heavy atom. The van der Waals surface area contributed by atoms with Gasteiger partial charge >= 0.3 is 0 Å². The zero-order valence-corrected chi connectivity index (χ0v) is 31.9. The fourth-order valence-corrected chi connectivity index (χ4v) is 8.96. The first-order valence-electron chi connectivity index (χ1n) is 19.5. The number of anilines is 2. The molecule has 2 aliphatic rings. The van der Waals surface area contributed by atoms with Crippen LogP contribution in [0.15, 0.2) is 188 Å². The molecule has 1 aromatic heterocycles. The highest BCUT2D eigenvalue weighted by Crippen LogP contribution is 2.54. The second kappa shape index (κ2) is 14.1. The van der Waals surface area contributed by atoms with E-state index in [0.717, 1.165) is 24.2 Å². The summed E-state index contributed by atoms with van der Waals surface area (Å²) in [6.07, 6.45) is 12.9. The first-order chi connectivity index (χ1) is 26.9. The van der Waals surface area contributed by atoms with Crippen molar-refractivity contribution in [2.45, 2.75) is 39.0 Å². The van der Waals surface area contributed by atoms with Crippen LogP contribution in [-0.4, -0.2) is 4.57 Å². The first kappa shape index (κ1) is 34.4. The lowest BCUT2D eigenvalue weighted by Gasteiger charge is -2.36. The number of para-hydroxylation sites is 1. The second-order valence-electron chi connectivity index (χ2n) is 15.4. The fourth-order valence-electron chi connectivity index (χ4n) is 8.96. The first-order valence-corrected chi connectivity index (χ1v) is 19.5. The summed E-state index contributed by atoms with van der Waals surface area (Å²) in [5.41, 5.74) is 17.7.